The highest BCUT2D eigenvalue weighted by molar-refractivity contribution is 9.10. The minimum Gasteiger partial charge on any atom is -0.455 e. The SMILES string of the molecule is O=c1c(-c2nc3ccccc3cc2Br)c(-c2ccccc2)oc2ccccc12. The Balaban J connectivity index is 1.92. The van der Waals surface area contributed by atoms with E-state index in [0.717, 1.165) is 20.9 Å². The molecule has 2 aromatic heterocycles. The molecule has 0 radical (unpaired) electrons. The average molecular weight is 428 g/mol. The van der Waals surface area contributed by atoms with Crippen molar-refractivity contribution in [3.63, 3.8) is 0 Å². The Labute approximate surface area is 169 Å². The summed E-state index contributed by atoms with van der Waals surface area (Å²) in [7, 11) is 0. The third-order valence-corrected chi connectivity index (χ3v) is 5.35. The van der Waals surface area contributed by atoms with Crippen LogP contribution >= 0.6 is 15.9 Å². The van der Waals surface area contributed by atoms with Crippen LogP contribution in [0.1, 0.15) is 0 Å². The molecule has 0 aliphatic carbocycles. The van der Waals surface area contributed by atoms with Crippen LogP contribution in [0.2, 0.25) is 0 Å². The van der Waals surface area contributed by atoms with Crippen LogP contribution in [-0.4, -0.2) is 4.98 Å². The fourth-order valence-electron chi connectivity index (χ4n) is 3.42. The Morgan fingerprint density at radius 3 is 2.39 bits per heavy atom. The average Bonchev–Trinajstić information content (AvgIpc) is 2.74. The Morgan fingerprint density at radius 2 is 1.54 bits per heavy atom. The van der Waals surface area contributed by atoms with E-state index in [4.69, 9.17) is 9.40 Å². The summed E-state index contributed by atoms with van der Waals surface area (Å²) in [6.07, 6.45) is 0. The zero-order chi connectivity index (χ0) is 19.1. The fourth-order valence-corrected chi connectivity index (χ4v) is 3.95. The van der Waals surface area contributed by atoms with E-state index in [1.807, 2.05) is 78.9 Å². The molecule has 0 N–H and O–H groups in total. The summed E-state index contributed by atoms with van der Waals surface area (Å²) < 4.78 is 6.98. The van der Waals surface area contributed by atoms with Crippen molar-refractivity contribution in [2.45, 2.75) is 0 Å². The molecule has 3 aromatic carbocycles. The third-order valence-electron chi connectivity index (χ3n) is 4.75. The number of hydrogen-bond donors (Lipinski definition) is 0. The molecule has 134 valence electrons. The molecule has 0 saturated carbocycles. The Bertz CT molecular complexity index is 1390. The van der Waals surface area contributed by atoms with E-state index in [9.17, 15) is 4.79 Å². The molecule has 5 rings (SSSR count). The van der Waals surface area contributed by atoms with Crippen molar-refractivity contribution < 1.29 is 4.42 Å². The summed E-state index contributed by atoms with van der Waals surface area (Å²) in [4.78, 5) is 18.3. The smallest absolute Gasteiger partial charge is 0.202 e. The lowest BCUT2D eigenvalue weighted by Crippen LogP contribution is -2.09. The minimum atomic E-state index is -0.0933. The van der Waals surface area contributed by atoms with Gasteiger partial charge in [0.2, 0.25) is 5.43 Å². The van der Waals surface area contributed by atoms with Crippen LogP contribution in [0.5, 0.6) is 0 Å². The molecule has 3 nitrogen and oxygen atoms in total. The van der Waals surface area contributed by atoms with Gasteiger partial charge >= 0.3 is 0 Å². The van der Waals surface area contributed by atoms with Gasteiger partial charge in [-0.25, -0.2) is 4.98 Å². The molecule has 28 heavy (non-hydrogen) atoms. The van der Waals surface area contributed by atoms with Crippen molar-refractivity contribution in [2.75, 3.05) is 0 Å². The Kier molecular flexibility index (Phi) is 4.06. The number of halogens is 1. The maximum Gasteiger partial charge on any atom is 0.202 e. The highest BCUT2D eigenvalue weighted by atomic mass is 79.9. The first kappa shape index (κ1) is 16.9. The quantitative estimate of drug-likeness (QED) is 0.325. The van der Waals surface area contributed by atoms with Gasteiger partial charge in [0.25, 0.3) is 0 Å². The van der Waals surface area contributed by atoms with Gasteiger partial charge < -0.3 is 4.42 Å². The maximum absolute atomic E-state index is 13.5. The van der Waals surface area contributed by atoms with Gasteiger partial charge in [0.15, 0.2) is 0 Å². The van der Waals surface area contributed by atoms with E-state index in [1.165, 1.54) is 0 Å². The molecule has 4 heteroatoms. The monoisotopic (exact) mass is 427 g/mol. The lowest BCUT2D eigenvalue weighted by Gasteiger charge is -2.12. The number of pyridine rings is 1. The highest BCUT2D eigenvalue weighted by Gasteiger charge is 2.21. The van der Waals surface area contributed by atoms with E-state index in [1.54, 1.807) is 6.07 Å². The number of benzene rings is 3. The Morgan fingerprint density at radius 1 is 0.821 bits per heavy atom. The van der Waals surface area contributed by atoms with Crippen molar-refractivity contribution in [1.29, 1.82) is 0 Å². The summed E-state index contributed by atoms with van der Waals surface area (Å²) in [5, 5.41) is 1.55. The minimum absolute atomic E-state index is 0.0933. The van der Waals surface area contributed by atoms with Crippen LogP contribution in [0.3, 0.4) is 0 Å². The number of para-hydroxylation sites is 2. The molecular formula is C24H14BrNO2. The molecule has 0 bridgehead atoms. The summed E-state index contributed by atoms with van der Waals surface area (Å²) >= 11 is 3.62. The standard InChI is InChI=1S/C24H14BrNO2/c25-18-14-16-10-4-6-12-19(16)26-22(18)21-23(27)17-11-5-7-13-20(17)28-24(21)15-8-2-1-3-9-15/h1-14H. The van der Waals surface area contributed by atoms with Gasteiger partial charge in [-0.2, -0.15) is 0 Å². The van der Waals surface area contributed by atoms with Crippen molar-refractivity contribution in [2.24, 2.45) is 0 Å². The topological polar surface area (TPSA) is 43.1 Å². The molecule has 2 heterocycles. The number of nitrogens with zero attached hydrogens (tertiary/aromatic N) is 1. The van der Waals surface area contributed by atoms with Gasteiger partial charge in [0, 0.05) is 15.4 Å². The van der Waals surface area contributed by atoms with Crippen LogP contribution in [0, 0.1) is 0 Å². The Hall–Kier alpha value is -3.24. The first-order chi connectivity index (χ1) is 13.7. The first-order valence-electron chi connectivity index (χ1n) is 8.89. The van der Waals surface area contributed by atoms with Gasteiger partial charge in [-0.05, 0) is 40.2 Å². The molecule has 0 fully saturated rings. The second kappa shape index (κ2) is 6.73. The third kappa shape index (κ3) is 2.74. The van der Waals surface area contributed by atoms with Crippen LogP contribution in [-0.2, 0) is 0 Å². The zero-order valence-corrected chi connectivity index (χ0v) is 16.3. The summed E-state index contributed by atoms with van der Waals surface area (Å²) in [5.74, 6) is 0.521. The molecule has 5 aromatic rings. The molecule has 0 aliphatic rings. The van der Waals surface area contributed by atoms with Gasteiger partial charge in [-0.15, -0.1) is 0 Å². The molecule has 0 aliphatic heterocycles. The largest absolute Gasteiger partial charge is 0.455 e. The second-order valence-corrected chi connectivity index (χ2v) is 7.36. The van der Waals surface area contributed by atoms with Gasteiger partial charge in [-0.1, -0.05) is 60.7 Å². The fraction of sp³-hybridized carbons (Fsp3) is 0. The molecule has 0 saturated heterocycles. The second-order valence-electron chi connectivity index (χ2n) is 6.51. The number of aromatic nitrogens is 1. The van der Waals surface area contributed by atoms with Crippen LogP contribution < -0.4 is 5.43 Å². The predicted molar refractivity (Wildman–Crippen MR) is 116 cm³/mol. The summed E-state index contributed by atoms with van der Waals surface area (Å²) in [6, 6.07) is 26.8. The first-order valence-corrected chi connectivity index (χ1v) is 9.68. The normalized spacial score (nSPS) is 11.2. The van der Waals surface area contributed by atoms with E-state index in [-0.39, 0.29) is 5.43 Å². The molecule has 0 unspecified atom stereocenters. The van der Waals surface area contributed by atoms with Crippen molar-refractivity contribution in [3.8, 4) is 22.6 Å². The maximum atomic E-state index is 13.5. The number of hydrogen-bond acceptors (Lipinski definition) is 3. The summed E-state index contributed by atoms with van der Waals surface area (Å²) in [5.41, 5.74) is 3.17. The van der Waals surface area contributed by atoms with Gasteiger partial charge in [-0.3, -0.25) is 4.79 Å². The molecule has 0 atom stereocenters. The van der Waals surface area contributed by atoms with Crippen LogP contribution in [0.15, 0.2) is 98.6 Å². The van der Waals surface area contributed by atoms with Crippen LogP contribution in [0.4, 0.5) is 0 Å². The van der Waals surface area contributed by atoms with Crippen molar-refractivity contribution in [1.82, 2.24) is 4.98 Å². The number of rotatable bonds is 2. The zero-order valence-electron chi connectivity index (χ0n) is 14.7. The van der Waals surface area contributed by atoms with Gasteiger partial charge in [0.05, 0.1) is 22.2 Å². The van der Waals surface area contributed by atoms with Gasteiger partial charge in [0.1, 0.15) is 11.3 Å². The molecule has 0 amide bonds. The lowest BCUT2D eigenvalue weighted by molar-refractivity contribution is 0.620. The van der Waals surface area contributed by atoms with E-state index in [2.05, 4.69) is 15.9 Å². The van der Waals surface area contributed by atoms with E-state index < -0.39 is 0 Å². The lowest BCUT2D eigenvalue weighted by atomic mass is 10.0. The highest BCUT2D eigenvalue weighted by Crippen LogP contribution is 2.36. The van der Waals surface area contributed by atoms with Crippen molar-refractivity contribution >= 4 is 37.8 Å². The van der Waals surface area contributed by atoms with Crippen LogP contribution in [0.25, 0.3) is 44.5 Å². The van der Waals surface area contributed by atoms with E-state index >= 15 is 0 Å². The summed E-state index contributed by atoms with van der Waals surface area (Å²) in [6.45, 7) is 0. The van der Waals surface area contributed by atoms with E-state index in [0.29, 0.717) is 28.0 Å². The number of fused-ring (bicyclic) bond motifs is 2. The predicted octanol–water partition coefficient (Wildman–Crippen LogP) is 6.44. The molecule has 0 spiro atoms. The van der Waals surface area contributed by atoms with Crippen molar-refractivity contribution in [3.05, 3.63) is 99.6 Å². The molecular weight excluding hydrogens is 414 g/mol.